The standard InChI is InChI=1S/C10H16O/c1-6-8-9(11-7-2)10(3,4)5/h7,9H,2H2,1,3-5H3. The minimum atomic E-state index is -0.0509. The Morgan fingerprint density at radius 3 is 2.27 bits per heavy atom. The number of hydrogen-bond acceptors (Lipinski definition) is 1. The van der Waals surface area contributed by atoms with E-state index >= 15 is 0 Å². The van der Waals surface area contributed by atoms with E-state index in [0.717, 1.165) is 0 Å². The lowest BCUT2D eigenvalue weighted by atomic mass is 9.89. The van der Waals surface area contributed by atoms with Crippen molar-refractivity contribution in [2.45, 2.75) is 33.8 Å². The summed E-state index contributed by atoms with van der Waals surface area (Å²) in [5.74, 6) is 5.82. The Morgan fingerprint density at radius 1 is 1.45 bits per heavy atom. The normalized spacial score (nSPS) is 12.7. The van der Waals surface area contributed by atoms with Crippen LogP contribution in [0.4, 0.5) is 0 Å². The van der Waals surface area contributed by atoms with Crippen molar-refractivity contribution in [2.75, 3.05) is 0 Å². The van der Waals surface area contributed by atoms with Gasteiger partial charge in [0.2, 0.25) is 0 Å². The largest absolute Gasteiger partial charge is 0.485 e. The quantitative estimate of drug-likeness (QED) is 0.436. The fourth-order valence-corrected chi connectivity index (χ4v) is 0.682. The Kier molecular flexibility index (Phi) is 3.74. The molecule has 0 saturated carbocycles. The molecule has 1 atom stereocenters. The SMILES string of the molecule is C=COC(C#CC)C(C)(C)C. The van der Waals surface area contributed by atoms with Crippen molar-refractivity contribution >= 4 is 0 Å². The fourth-order valence-electron chi connectivity index (χ4n) is 0.682. The number of hydrogen-bond donors (Lipinski definition) is 0. The van der Waals surface area contributed by atoms with Crippen LogP contribution in [0.25, 0.3) is 0 Å². The summed E-state index contributed by atoms with van der Waals surface area (Å²) in [6.45, 7) is 11.6. The Labute approximate surface area is 69.4 Å². The molecule has 1 nitrogen and oxygen atoms in total. The summed E-state index contributed by atoms with van der Waals surface area (Å²) in [6.07, 6.45) is 1.39. The van der Waals surface area contributed by atoms with E-state index in [4.69, 9.17) is 4.74 Å². The molecule has 0 fully saturated rings. The predicted molar refractivity (Wildman–Crippen MR) is 48.0 cm³/mol. The molecule has 0 spiro atoms. The molecule has 62 valence electrons. The zero-order valence-electron chi connectivity index (χ0n) is 7.77. The lowest BCUT2D eigenvalue weighted by Crippen LogP contribution is -2.26. The second-order valence-electron chi connectivity index (χ2n) is 3.44. The number of ether oxygens (including phenoxy) is 1. The van der Waals surface area contributed by atoms with Crippen LogP contribution in [-0.2, 0) is 4.74 Å². The Balaban J connectivity index is 4.29. The smallest absolute Gasteiger partial charge is 0.163 e. The van der Waals surface area contributed by atoms with Gasteiger partial charge in [0.15, 0.2) is 6.10 Å². The monoisotopic (exact) mass is 152 g/mol. The molecule has 0 aromatic carbocycles. The Bertz CT molecular complexity index is 175. The van der Waals surface area contributed by atoms with Crippen molar-refractivity contribution in [3.63, 3.8) is 0 Å². The average Bonchev–Trinajstić information content (AvgIpc) is 1.85. The van der Waals surface area contributed by atoms with E-state index < -0.39 is 0 Å². The van der Waals surface area contributed by atoms with Gasteiger partial charge in [0, 0.05) is 5.41 Å². The van der Waals surface area contributed by atoms with Crippen molar-refractivity contribution < 1.29 is 4.74 Å². The van der Waals surface area contributed by atoms with Gasteiger partial charge in [-0.05, 0) is 6.92 Å². The molecule has 0 rings (SSSR count). The molecule has 0 aliphatic carbocycles. The Morgan fingerprint density at radius 2 is 2.00 bits per heavy atom. The summed E-state index contributed by atoms with van der Waals surface area (Å²) in [5, 5.41) is 0. The second-order valence-corrected chi connectivity index (χ2v) is 3.44. The van der Waals surface area contributed by atoms with Gasteiger partial charge < -0.3 is 4.74 Å². The van der Waals surface area contributed by atoms with Crippen LogP contribution in [0, 0.1) is 17.3 Å². The number of rotatable bonds is 2. The lowest BCUT2D eigenvalue weighted by molar-refractivity contribution is 0.0934. The van der Waals surface area contributed by atoms with Crippen LogP contribution in [-0.4, -0.2) is 6.10 Å². The second kappa shape index (κ2) is 4.08. The predicted octanol–water partition coefficient (Wildman–Crippen LogP) is 2.58. The van der Waals surface area contributed by atoms with E-state index in [9.17, 15) is 0 Å². The third kappa shape index (κ3) is 3.72. The summed E-state index contributed by atoms with van der Waals surface area (Å²) < 4.78 is 5.24. The minimum absolute atomic E-state index is 0.0509. The average molecular weight is 152 g/mol. The van der Waals surface area contributed by atoms with E-state index in [1.807, 2.05) is 6.92 Å². The first-order chi connectivity index (χ1) is 5.02. The highest BCUT2D eigenvalue weighted by Gasteiger charge is 2.22. The van der Waals surface area contributed by atoms with Crippen LogP contribution in [0.3, 0.4) is 0 Å². The van der Waals surface area contributed by atoms with Gasteiger partial charge in [-0.15, -0.1) is 5.92 Å². The van der Waals surface area contributed by atoms with Crippen molar-refractivity contribution in [1.82, 2.24) is 0 Å². The molecule has 0 aromatic heterocycles. The van der Waals surface area contributed by atoms with Crippen LogP contribution in [0.2, 0.25) is 0 Å². The van der Waals surface area contributed by atoms with E-state index in [0.29, 0.717) is 0 Å². The van der Waals surface area contributed by atoms with Crippen LogP contribution in [0.15, 0.2) is 12.8 Å². The van der Waals surface area contributed by atoms with Gasteiger partial charge in [0.25, 0.3) is 0 Å². The highest BCUT2D eigenvalue weighted by Crippen LogP contribution is 2.21. The molecule has 0 N–H and O–H groups in total. The maximum Gasteiger partial charge on any atom is 0.163 e. The maximum atomic E-state index is 5.24. The molecule has 0 saturated heterocycles. The van der Waals surface area contributed by atoms with Crippen LogP contribution in [0.1, 0.15) is 27.7 Å². The molecular formula is C10H16O. The summed E-state index contributed by atoms with van der Waals surface area (Å²) in [5.41, 5.74) is 0.0528. The first kappa shape index (κ1) is 10.1. The van der Waals surface area contributed by atoms with Crippen molar-refractivity contribution in [3.8, 4) is 11.8 Å². The molecule has 0 amide bonds. The molecule has 0 aliphatic rings. The highest BCUT2D eigenvalue weighted by molar-refractivity contribution is 5.07. The molecule has 11 heavy (non-hydrogen) atoms. The lowest BCUT2D eigenvalue weighted by Gasteiger charge is -2.24. The zero-order valence-corrected chi connectivity index (χ0v) is 7.77. The van der Waals surface area contributed by atoms with Gasteiger partial charge in [-0.2, -0.15) is 0 Å². The maximum absolute atomic E-state index is 5.24. The van der Waals surface area contributed by atoms with Gasteiger partial charge in [0.1, 0.15) is 0 Å². The van der Waals surface area contributed by atoms with Gasteiger partial charge in [-0.1, -0.05) is 33.3 Å². The summed E-state index contributed by atoms with van der Waals surface area (Å²) in [6, 6.07) is 0. The van der Waals surface area contributed by atoms with E-state index in [1.165, 1.54) is 6.26 Å². The summed E-state index contributed by atoms with van der Waals surface area (Å²) in [4.78, 5) is 0. The third-order valence-corrected chi connectivity index (χ3v) is 1.29. The van der Waals surface area contributed by atoms with E-state index in [1.54, 1.807) is 0 Å². The molecule has 0 heterocycles. The van der Waals surface area contributed by atoms with E-state index in [-0.39, 0.29) is 11.5 Å². The highest BCUT2D eigenvalue weighted by atomic mass is 16.5. The molecule has 1 heteroatoms. The van der Waals surface area contributed by atoms with Crippen LogP contribution >= 0.6 is 0 Å². The van der Waals surface area contributed by atoms with Crippen molar-refractivity contribution in [2.24, 2.45) is 5.41 Å². The molecule has 0 radical (unpaired) electrons. The molecule has 0 bridgehead atoms. The van der Waals surface area contributed by atoms with Gasteiger partial charge >= 0.3 is 0 Å². The van der Waals surface area contributed by atoms with Crippen molar-refractivity contribution in [1.29, 1.82) is 0 Å². The summed E-state index contributed by atoms with van der Waals surface area (Å²) >= 11 is 0. The van der Waals surface area contributed by atoms with Gasteiger partial charge in [-0.3, -0.25) is 0 Å². The Hall–Kier alpha value is -0.900. The van der Waals surface area contributed by atoms with E-state index in [2.05, 4.69) is 39.2 Å². The van der Waals surface area contributed by atoms with Crippen molar-refractivity contribution in [3.05, 3.63) is 12.8 Å². The fraction of sp³-hybridized carbons (Fsp3) is 0.600. The zero-order chi connectivity index (χ0) is 8.91. The first-order valence-corrected chi connectivity index (χ1v) is 3.71. The molecule has 0 aromatic rings. The van der Waals surface area contributed by atoms with Crippen LogP contribution < -0.4 is 0 Å². The van der Waals surface area contributed by atoms with Gasteiger partial charge in [0.05, 0.1) is 6.26 Å². The molecule has 1 unspecified atom stereocenters. The minimum Gasteiger partial charge on any atom is -0.485 e. The molecule has 0 aliphatic heterocycles. The first-order valence-electron chi connectivity index (χ1n) is 3.71. The molecular weight excluding hydrogens is 136 g/mol. The summed E-state index contributed by atoms with van der Waals surface area (Å²) in [7, 11) is 0. The third-order valence-electron chi connectivity index (χ3n) is 1.29. The van der Waals surface area contributed by atoms with Gasteiger partial charge in [-0.25, -0.2) is 0 Å². The van der Waals surface area contributed by atoms with Crippen LogP contribution in [0.5, 0.6) is 0 Å². The topological polar surface area (TPSA) is 9.23 Å².